The van der Waals surface area contributed by atoms with Crippen LogP contribution in [0.4, 0.5) is 0 Å². The Morgan fingerprint density at radius 1 is 1.50 bits per heavy atom. The van der Waals surface area contributed by atoms with Crippen LogP contribution in [-0.2, 0) is 18.4 Å². The van der Waals surface area contributed by atoms with E-state index >= 15 is 0 Å². The fourth-order valence-electron chi connectivity index (χ4n) is 2.55. The summed E-state index contributed by atoms with van der Waals surface area (Å²) in [4.78, 5) is 12.1. The lowest BCUT2D eigenvalue weighted by Gasteiger charge is -2.20. The van der Waals surface area contributed by atoms with Crippen LogP contribution in [0.3, 0.4) is 0 Å². The molecular weight excluding hydrogens is 228 g/mol. The smallest absolute Gasteiger partial charge is 0.224 e. The number of carbonyl (C=O) groups is 1. The van der Waals surface area contributed by atoms with Crippen molar-refractivity contribution in [2.24, 2.45) is 18.7 Å². The predicted molar refractivity (Wildman–Crippen MR) is 69.6 cm³/mol. The first-order valence-electron chi connectivity index (χ1n) is 6.67. The summed E-state index contributed by atoms with van der Waals surface area (Å²) in [5.41, 5.74) is 7.10. The molecule has 1 aromatic heterocycles. The van der Waals surface area contributed by atoms with E-state index in [9.17, 15) is 4.79 Å². The summed E-state index contributed by atoms with van der Waals surface area (Å²) in [5, 5.41) is 7.05. The molecule has 2 rings (SSSR count). The van der Waals surface area contributed by atoms with Gasteiger partial charge < -0.3 is 11.1 Å². The standard InChI is InChI=1S/C13H22N4O/c1-17-9-10(8-16-17)7-15-13(18)11-5-3-2-4-6-12(11)14/h8-9,11-12H,2-7,14H2,1H3,(H,15,18). The van der Waals surface area contributed by atoms with Gasteiger partial charge in [0.25, 0.3) is 0 Å². The Morgan fingerprint density at radius 2 is 2.28 bits per heavy atom. The number of nitrogens with zero attached hydrogens (tertiary/aromatic N) is 2. The van der Waals surface area contributed by atoms with Crippen LogP contribution in [0.15, 0.2) is 12.4 Å². The van der Waals surface area contributed by atoms with Crippen LogP contribution in [0.2, 0.25) is 0 Å². The number of carbonyl (C=O) groups excluding carboxylic acids is 1. The number of amides is 1. The molecule has 0 spiro atoms. The van der Waals surface area contributed by atoms with Gasteiger partial charge in [0, 0.05) is 31.4 Å². The van der Waals surface area contributed by atoms with E-state index in [0.29, 0.717) is 6.54 Å². The van der Waals surface area contributed by atoms with Crippen LogP contribution in [0.5, 0.6) is 0 Å². The van der Waals surface area contributed by atoms with Crippen LogP contribution in [0.1, 0.15) is 37.7 Å². The van der Waals surface area contributed by atoms with Crippen LogP contribution in [-0.4, -0.2) is 21.7 Å². The lowest BCUT2D eigenvalue weighted by molar-refractivity contribution is -0.126. The van der Waals surface area contributed by atoms with Crippen LogP contribution < -0.4 is 11.1 Å². The monoisotopic (exact) mass is 250 g/mol. The number of nitrogens with one attached hydrogen (secondary N) is 1. The van der Waals surface area contributed by atoms with Crippen molar-refractivity contribution >= 4 is 5.91 Å². The summed E-state index contributed by atoms with van der Waals surface area (Å²) in [5.74, 6) is 0.0671. The highest BCUT2D eigenvalue weighted by Crippen LogP contribution is 2.22. The average Bonchev–Trinajstić information content (AvgIpc) is 2.64. The van der Waals surface area contributed by atoms with Gasteiger partial charge in [-0.15, -0.1) is 0 Å². The fraction of sp³-hybridized carbons (Fsp3) is 0.692. The second-order valence-corrected chi connectivity index (χ2v) is 5.15. The molecule has 1 aromatic rings. The second kappa shape index (κ2) is 6.00. The molecule has 0 aromatic carbocycles. The largest absolute Gasteiger partial charge is 0.352 e. The van der Waals surface area contributed by atoms with Crippen LogP contribution in [0, 0.1) is 5.92 Å². The highest BCUT2D eigenvalue weighted by molar-refractivity contribution is 5.79. The quantitative estimate of drug-likeness (QED) is 0.784. The summed E-state index contributed by atoms with van der Waals surface area (Å²) >= 11 is 0. The maximum absolute atomic E-state index is 12.1. The number of rotatable bonds is 3. The molecular formula is C13H22N4O. The maximum Gasteiger partial charge on any atom is 0.224 e. The highest BCUT2D eigenvalue weighted by Gasteiger charge is 2.26. The zero-order chi connectivity index (χ0) is 13.0. The SMILES string of the molecule is Cn1cc(CNC(=O)C2CCCCCC2N)cn1. The van der Waals surface area contributed by atoms with E-state index in [1.807, 2.05) is 13.2 Å². The number of hydrogen-bond acceptors (Lipinski definition) is 3. The molecule has 0 saturated heterocycles. The minimum atomic E-state index is -0.0239. The molecule has 2 atom stereocenters. The predicted octanol–water partition coefficient (Wildman–Crippen LogP) is 0.944. The Hall–Kier alpha value is -1.36. The fourth-order valence-corrected chi connectivity index (χ4v) is 2.55. The van der Waals surface area contributed by atoms with E-state index in [4.69, 9.17) is 5.73 Å². The zero-order valence-corrected chi connectivity index (χ0v) is 10.9. The molecule has 0 radical (unpaired) electrons. The number of aromatic nitrogens is 2. The molecule has 5 heteroatoms. The first kappa shape index (κ1) is 13.1. The van der Waals surface area contributed by atoms with Gasteiger partial charge in [0.1, 0.15) is 0 Å². The minimum absolute atomic E-state index is 0.0152. The third kappa shape index (κ3) is 3.32. The van der Waals surface area contributed by atoms with Gasteiger partial charge >= 0.3 is 0 Å². The maximum atomic E-state index is 12.1. The van der Waals surface area contributed by atoms with E-state index in [1.54, 1.807) is 10.9 Å². The Labute approximate surface area is 108 Å². The molecule has 5 nitrogen and oxygen atoms in total. The molecule has 100 valence electrons. The highest BCUT2D eigenvalue weighted by atomic mass is 16.1. The molecule has 1 heterocycles. The molecule has 3 N–H and O–H groups in total. The molecule has 1 fully saturated rings. The number of aryl methyl sites for hydroxylation is 1. The van der Waals surface area contributed by atoms with Crippen molar-refractivity contribution < 1.29 is 4.79 Å². The van der Waals surface area contributed by atoms with E-state index in [0.717, 1.165) is 31.2 Å². The van der Waals surface area contributed by atoms with Crippen molar-refractivity contribution in [2.45, 2.75) is 44.7 Å². The first-order chi connectivity index (χ1) is 8.66. The molecule has 1 aliphatic carbocycles. The van der Waals surface area contributed by atoms with Crippen molar-refractivity contribution in [2.75, 3.05) is 0 Å². The van der Waals surface area contributed by atoms with Crippen molar-refractivity contribution in [1.29, 1.82) is 0 Å². The summed E-state index contributed by atoms with van der Waals surface area (Å²) in [7, 11) is 1.87. The Balaban J connectivity index is 1.86. The number of hydrogen-bond donors (Lipinski definition) is 2. The molecule has 0 aliphatic heterocycles. The Bertz CT molecular complexity index is 401. The third-order valence-electron chi connectivity index (χ3n) is 3.63. The first-order valence-corrected chi connectivity index (χ1v) is 6.67. The Kier molecular flexibility index (Phi) is 4.36. The average molecular weight is 250 g/mol. The van der Waals surface area contributed by atoms with Gasteiger partial charge in [-0.1, -0.05) is 19.3 Å². The normalized spacial score (nSPS) is 24.6. The third-order valence-corrected chi connectivity index (χ3v) is 3.63. The minimum Gasteiger partial charge on any atom is -0.352 e. The molecule has 1 aliphatic rings. The van der Waals surface area contributed by atoms with E-state index < -0.39 is 0 Å². The van der Waals surface area contributed by atoms with Crippen molar-refractivity contribution in [3.05, 3.63) is 18.0 Å². The van der Waals surface area contributed by atoms with Crippen molar-refractivity contribution in [3.8, 4) is 0 Å². The van der Waals surface area contributed by atoms with E-state index in [-0.39, 0.29) is 17.9 Å². The van der Waals surface area contributed by atoms with E-state index in [2.05, 4.69) is 10.4 Å². The van der Waals surface area contributed by atoms with E-state index in [1.165, 1.54) is 6.42 Å². The van der Waals surface area contributed by atoms with Gasteiger partial charge in [0.05, 0.1) is 12.1 Å². The van der Waals surface area contributed by atoms with Crippen LogP contribution >= 0.6 is 0 Å². The topological polar surface area (TPSA) is 72.9 Å². The summed E-state index contributed by atoms with van der Waals surface area (Å²) in [6.07, 6.45) is 9.01. The lowest BCUT2D eigenvalue weighted by atomic mass is 9.94. The molecule has 2 unspecified atom stereocenters. The van der Waals surface area contributed by atoms with Crippen LogP contribution in [0.25, 0.3) is 0 Å². The summed E-state index contributed by atoms with van der Waals surface area (Å²) in [6.45, 7) is 0.538. The van der Waals surface area contributed by atoms with Gasteiger partial charge in [0.2, 0.25) is 5.91 Å². The van der Waals surface area contributed by atoms with Gasteiger partial charge in [-0.3, -0.25) is 9.48 Å². The molecule has 0 bridgehead atoms. The van der Waals surface area contributed by atoms with Crippen molar-refractivity contribution in [3.63, 3.8) is 0 Å². The van der Waals surface area contributed by atoms with Gasteiger partial charge in [-0.2, -0.15) is 5.10 Å². The van der Waals surface area contributed by atoms with Gasteiger partial charge in [-0.05, 0) is 12.8 Å². The van der Waals surface area contributed by atoms with Gasteiger partial charge in [-0.25, -0.2) is 0 Å². The zero-order valence-electron chi connectivity index (χ0n) is 10.9. The summed E-state index contributed by atoms with van der Waals surface area (Å²) < 4.78 is 1.73. The Morgan fingerprint density at radius 3 is 3.00 bits per heavy atom. The van der Waals surface area contributed by atoms with Crippen molar-refractivity contribution in [1.82, 2.24) is 15.1 Å². The summed E-state index contributed by atoms with van der Waals surface area (Å²) in [6, 6.07) is 0.0152. The van der Waals surface area contributed by atoms with Gasteiger partial charge in [0.15, 0.2) is 0 Å². The lowest BCUT2D eigenvalue weighted by Crippen LogP contribution is -2.41. The molecule has 1 saturated carbocycles. The number of nitrogens with two attached hydrogens (primary N) is 1. The second-order valence-electron chi connectivity index (χ2n) is 5.15. The molecule has 1 amide bonds. The molecule has 18 heavy (non-hydrogen) atoms.